The molecular formula is C23H27NO2Si. The molecule has 2 aromatic carbocycles. The van der Waals surface area contributed by atoms with E-state index in [0.717, 1.165) is 0 Å². The van der Waals surface area contributed by atoms with Crippen molar-refractivity contribution in [1.82, 2.24) is 4.57 Å². The Balaban J connectivity index is 2.01. The van der Waals surface area contributed by atoms with E-state index in [9.17, 15) is 4.79 Å². The molecule has 1 aromatic heterocycles. The monoisotopic (exact) mass is 377 g/mol. The lowest BCUT2D eigenvalue weighted by Gasteiger charge is -2.43. The van der Waals surface area contributed by atoms with Crippen molar-refractivity contribution in [3.8, 4) is 0 Å². The van der Waals surface area contributed by atoms with Gasteiger partial charge in [0, 0.05) is 18.8 Å². The van der Waals surface area contributed by atoms with Crippen molar-refractivity contribution in [3.05, 3.63) is 95.4 Å². The zero-order chi connectivity index (χ0) is 19.3. The Morgan fingerprint density at radius 3 is 1.81 bits per heavy atom. The maximum atomic E-state index is 12.0. The summed E-state index contributed by atoms with van der Waals surface area (Å²) >= 11 is 0. The third-order valence-electron chi connectivity index (χ3n) is 4.97. The quantitative estimate of drug-likeness (QED) is 0.616. The lowest BCUT2D eigenvalue weighted by molar-refractivity contribution is 0.279. The first-order chi connectivity index (χ1) is 12.9. The van der Waals surface area contributed by atoms with E-state index in [1.807, 2.05) is 24.4 Å². The summed E-state index contributed by atoms with van der Waals surface area (Å²) in [4.78, 5) is 12.0. The minimum Gasteiger partial charge on any atom is -0.406 e. The van der Waals surface area contributed by atoms with Crippen LogP contribution in [0.4, 0.5) is 0 Å². The molecule has 0 radical (unpaired) electrons. The van der Waals surface area contributed by atoms with Gasteiger partial charge in [-0.15, -0.1) is 0 Å². The largest absolute Gasteiger partial charge is 0.406 e. The second-order valence-corrected chi connectivity index (χ2v) is 12.0. The van der Waals surface area contributed by atoms with E-state index in [0.29, 0.717) is 13.2 Å². The molecule has 0 fully saturated rings. The highest BCUT2D eigenvalue weighted by atomic mass is 28.4. The fourth-order valence-corrected chi connectivity index (χ4v) is 8.26. The minimum atomic E-state index is -2.54. The van der Waals surface area contributed by atoms with Gasteiger partial charge in [0.2, 0.25) is 0 Å². The molecule has 0 unspecified atom stereocenters. The lowest BCUT2D eigenvalue weighted by atomic mass is 10.2. The van der Waals surface area contributed by atoms with E-state index in [1.165, 1.54) is 10.4 Å². The fraction of sp³-hybridized carbons (Fsp3) is 0.261. The van der Waals surface area contributed by atoms with Crippen LogP contribution in [0.5, 0.6) is 0 Å². The Morgan fingerprint density at radius 2 is 1.33 bits per heavy atom. The van der Waals surface area contributed by atoms with Crippen molar-refractivity contribution < 1.29 is 4.43 Å². The molecule has 1 heterocycles. The first kappa shape index (κ1) is 19.3. The molecule has 0 bridgehead atoms. The van der Waals surface area contributed by atoms with Crippen LogP contribution in [0, 0.1) is 0 Å². The molecule has 3 nitrogen and oxygen atoms in total. The Morgan fingerprint density at radius 1 is 0.815 bits per heavy atom. The van der Waals surface area contributed by atoms with E-state index in [4.69, 9.17) is 4.43 Å². The molecule has 0 aliphatic heterocycles. The Kier molecular flexibility index (Phi) is 5.78. The van der Waals surface area contributed by atoms with Crippen molar-refractivity contribution in [2.45, 2.75) is 32.4 Å². The number of nitrogens with zero attached hydrogens (tertiary/aromatic N) is 1. The molecule has 4 heteroatoms. The van der Waals surface area contributed by atoms with E-state index in [-0.39, 0.29) is 10.6 Å². The second kappa shape index (κ2) is 8.07. The van der Waals surface area contributed by atoms with Crippen molar-refractivity contribution >= 4 is 18.7 Å². The Hall–Kier alpha value is -2.43. The summed E-state index contributed by atoms with van der Waals surface area (Å²) in [6, 6.07) is 26.4. The molecule has 27 heavy (non-hydrogen) atoms. The number of hydrogen-bond acceptors (Lipinski definition) is 2. The van der Waals surface area contributed by atoms with Gasteiger partial charge in [-0.25, -0.2) is 0 Å². The average Bonchev–Trinajstić information content (AvgIpc) is 2.67. The normalized spacial score (nSPS) is 12.1. The van der Waals surface area contributed by atoms with Crippen LogP contribution in [0.15, 0.2) is 89.9 Å². The predicted molar refractivity (Wildman–Crippen MR) is 114 cm³/mol. The summed E-state index contributed by atoms with van der Waals surface area (Å²) in [7, 11) is -2.54. The molecule has 3 aromatic rings. The molecule has 0 atom stereocenters. The summed E-state index contributed by atoms with van der Waals surface area (Å²) in [6.45, 7) is 7.82. The van der Waals surface area contributed by atoms with Gasteiger partial charge in [-0.05, 0) is 21.5 Å². The summed E-state index contributed by atoms with van der Waals surface area (Å²) in [5, 5.41) is 2.45. The van der Waals surface area contributed by atoms with E-state index in [1.54, 1.807) is 16.7 Å². The first-order valence-electron chi connectivity index (χ1n) is 9.35. The van der Waals surface area contributed by atoms with Gasteiger partial charge in [0.05, 0.1) is 6.61 Å². The molecule has 140 valence electrons. The van der Waals surface area contributed by atoms with E-state index < -0.39 is 8.32 Å². The van der Waals surface area contributed by atoms with Crippen molar-refractivity contribution in [1.29, 1.82) is 0 Å². The van der Waals surface area contributed by atoms with Gasteiger partial charge in [0.15, 0.2) is 0 Å². The molecule has 0 N–H and O–H groups in total. The van der Waals surface area contributed by atoms with Crippen LogP contribution in [0.2, 0.25) is 5.04 Å². The fourth-order valence-electron chi connectivity index (χ4n) is 3.70. The lowest BCUT2D eigenvalue weighted by Crippen LogP contribution is -2.66. The molecule has 0 amide bonds. The zero-order valence-electron chi connectivity index (χ0n) is 16.3. The number of hydrogen-bond donors (Lipinski definition) is 0. The first-order valence-corrected chi connectivity index (χ1v) is 11.3. The minimum absolute atomic E-state index is 0.00328. The van der Waals surface area contributed by atoms with Crippen LogP contribution in [0.1, 0.15) is 20.8 Å². The Labute approximate surface area is 162 Å². The maximum Gasteiger partial charge on any atom is 0.261 e. The number of aromatic nitrogens is 1. The molecule has 0 spiro atoms. The topological polar surface area (TPSA) is 31.2 Å². The zero-order valence-corrected chi connectivity index (χ0v) is 17.3. The SMILES string of the molecule is CC(C)(C)[Si](OCCn1ccccc1=O)(c1ccccc1)c1ccccc1. The van der Waals surface area contributed by atoms with Gasteiger partial charge in [-0.3, -0.25) is 4.79 Å². The van der Waals surface area contributed by atoms with Crippen molar-refractivity contribution in [3.63, 3.8) is 0 Å². The van der Waals surface area contributed by atoms with Crippen LogP contribution in [0.25, 0.3) is 0 Å². The summed E-state index contributed by atoms with van der Waals surface area (Å²) < 4.78 is 8.51. The van der Waals surface area contributed by atoms with Gasteiger partial charge in [0.25, 0.3) is 13.9 Å². The molecular weight excluding hydrogens is 350 g/mol. The predicted octanol–water partition coefficient (Wildman–Crippen LogP) is 3.42. The second-order valence-electron chi connectivity index (χ2n) is 7.74. The maximum absolute atomic E-state index is 12.0. The number of benzene rings is 2. The van der Waals surface area contributed by atoms with E-state index in [2.05, 4.69) is 69.3 Å². The third kappa shape index (κ3) is 3.97. The average molecular weight is 378 g/mol. The van der Waals surface area contributed by atoms with Gasteiger partial charge in [-0.2, -0.15) is 0 Å². The van der Waals surface area contributed by atoms with Gasteiger partial charge >= 0.3 is 0 Å². The van der Waals surface area contributed by atoms with Crippen molar-refractivity contribution in [2.24, 2.45) is 0 Å². The molecule has 0 saturated heterocycles. The molecule has 0 aliphatic carbocycles. The van der Waals surface area contributed by atoms with Crippen LogP contribution in [0.3, 0.4) is 0 Å². The van der Waals surface area contributed by atoms with Crippen LogP contribution in [-0.2, 0) is 11.0 Å². The Bertz CT molecular complexity index is 875. The molecule has 3 rings (SSSR count). The van der Waals surface area contributed by atoms with Crippen molar-refractivity contribution in [2.75, 3.05) is 6.61 Å². The number of rotatable bonds is 6. The highest BCUT2D eigenvalue weighted by Crippen LogP contribution is 2.36. The van der Waals surface area contributed by atoms with Crippen LogP contribution < -0.4 is 15.9 Å². The summed E-state index contributed by atoms with van der Waals surface area (Å²) in [6.07, 6.45) is 1.82. The van der Waals surface area contributed by atoms with Crippen LogP contribution in [-0.4, -0.2) is 19.5 Å². The third-order valence-corrected chi connectivity index (χ3v) is 10.0. The van der Waals surface area contributed by atoms with Gasteiger partial charge in [-0.1, -0.05) is 87.5 Å². The smallest absolute Gasteiger partial charge is 0.261 e. The highest BCUT2D eigenvalue weighted by Gasteiger charge is 2.49. The van der Waals surface area contributed by atoms with E-state index >= 15 is 0 Å². The standard InChI is InChI=1S/C23H27NO2Si/c1-23(2,3)27(20-12-6-4-7-13-20,21-14-8-5-9-15-21)26-19-18-24-17-11-10-16-22(24)25/h4-17H,18-19H2,1-3H3. The summed E-state index contributed by atoms with van der Waals surface area (Å²) in [5.74, 6) is 0. The van der Waals surface area contributed by atoms with Crippen LogP contribution >= 0.6 is 0 Å². The van der Waals surface area contributed by atoms with Gasteiger partial charge in [0.1, 0.15) is 0 Å². The van der Waals surface area contributed by atoms with Gasteiger partial charge < -0.3 is 8.99 Å². The molecule has 0 saturated carbocycles. The molecule has 0 aliphatic rings. The highest BCUT2D eigenvalue weighted by molar-refractivity contribution is 6.99. The number of pyridine rings is 1. The summed E-state index contributed by atoms with van der Waals surface area (Å²) in [5.41, 5.74) is 0.00328.